The maximum Gasteiger partial charge on any atom is 0.345 e. The third-order valence-electron chi connectivity index (χ3n) is 3.54. The lowest BCUT2D eigenvalue weighted by molar-refractivity contribution is -0.145. The molecule has 0 aliphatic carbocycles. The summed E-state index contributed by atoms with van der Waals surface area (Å²) in [7, 11) is 0. The van der Waals surface area contributed by atoms with Crippen molar-refractivity contribution in [2.24, 2.45) is 0 Å². The molecular formula is C19H16O3. The molecule has 0 amide bonds. The summed E-state index contributed by atoms with van der Waals surface area (Å²) in [5, 5.41) is 11.5. The molecule has 0 aliphatic heterocycles. The van der Waals surface area contributed by atoms with Gasteiger partial charge in [-0.2, -0.15) is 0 Å². The normalized spacial score (nSPS) is 12.0. The fourth-order valence-corrected chi connectivity index (χ4v) is 2.41. The molecule has 0 radical (unpaired) electrons. The van der Waals surface area contributed by atoms with Crippen molar-refractivity contribution >= 4 is 16.7 Å². The Labute approximate surface area is 128 Å². The molecule has 0 spiro atoms. The van der Waals surface area contributed by atoms with E-state index in [4.69, 9.17) is 4.74 Å². The number of fused-ring (bicyclic) bond motifs is 1. The van der Waals surface area contributed by atoms with Crippen molar-refractivity contribution in [3.63, 3.8) is 0 Å². The van der Waals surface area contributed by atoms with E-state index in [2.05, 4.69) is 0 Å². The predicted octanol–water partition coefficient (Wildman–Crippen LogP) is 3.91. The molecule has 0 saturated carbocycles. The molecule has 3 heteroatoms. The van der Waals surface area contributed by atoms with E-state index in [1.165, 1.54) is 0 Å². The van der Waals surface area contributed by atoms with E-state index in [1.807, 2.05) is 72.8 Å². The standard InChI is InChI=1S/C19H16O3/c20-19(21)18(12-14-6-2-1-3-7-14)22-17-11-10-15-8-4-5-9-16(15)13-17/h1-11,13,18H,12H2,(H,20,21)/t18-/m1/s1. The molecule has 3 aromatic carbocycles. The number of ether oxygens (including phenoxy) is 1. The molecule has 110 valence electrons. The predicted molar refractivity (Wildman–Crippen MR) is 86.1 cm³/mol. The second kappa shape index (κ2) is 6.31. The molecule has 3 aromatic rings. The lowest BCUT2D eigenvalue weighted by Gasteiger charge is -2.15. The Bertz CT molecular complexity index is 781. The van der Waals surface area contributed by atoms with E-state index in [0.29, 0.717) is 12.2 Å². The zero-order chi connectivity index (χ0) is 15.4. The van der Waals surface area contributed by atoms with Gasteiger partial charge in [0, 0.05) is 6.42 Å². The molecule has 0 heterocycles. The first-order chi connectivity index (χ1) is 10.7. The molecule has 22 heavy (non-hydrogen) atoms. The van der Waals surface area contributed by atoms with Crippen LogP contribution in [0.4, 0.5) is 0 Å². The zero-order valence-corrected chi connectivity index (χ0v) is 12.0. The van der Waals surface area contributed by atoms with Crippen LogP contribution >= 0.6 is 0 Å². The van der Waals surface area contributed by atoms with Gasteiger partial charge in [-0.3, -0.25) is 0 Å². The summed E-state index contributed by atoms with van der Waals surface area (Å²) in [6.07, 6.45) is -0.563. The van der Waals surface area contributed by atoms with E-state index < -0.39 is 12.1 Å². The number of hydrogen-bond donors (Lipinski definition) is 1. The van der Waals surface area contributed by atoms with Gasteiger partial charge in [-0.25, -0.2) is 4.79 Å². The molecule has 0 bridgehead atoms. The van der Waals surface area contributed by atoms with Gasteiger partial charge in [0.2, 0.25) is 0 Å². The van der Waals surface area contributed by atoms with Gasteiger partial charge in [-0.1, -0.05) is 60.7 Å². The highest BCUT2D eigenvalue weighted by Crippen LogP contribution is 2.22. The topological polar surface area (TPSA) is 46.5 Å². The van der Waals surface area contributed by atoms with Gasteiger partial charge in [0.15, 0.2) is 6.10 Å². The van der Waals surface area contributed by atoms with Crippen LogP contribution in [0.15, 0.2) is 72.8 Å². The van der Waals surface area contributed by atoms with Crippen molar-refractivity contribution in [1.29, 1.82) is 0 Å². The van der Waals surface area contributed by atoms with Crippen molar-refractivity contribution in [2.45, 2.75) is 12.5 Å². The highest BCUT2D eigenvalue weighted by molar-refractivity contribution is 5.84. The SMILES string of the molecule is O=C(O)[C@@H](Cc1ccccc1)Oc1ccc2ccccc2c1. The molecule has 1 atom stereocenters. The van der Waals surface area contributed by atoms with E-state index in [0.717, 1.165) is 16.3 Å². The summed E-state index contributed by atoms with van der Waals surface area (Å²) in [4.78, 5) is 11.4. The summed E-state index contributed by atoms with van der Waals surface area (Å²) >= 11 is 0. The summed E-state index contributed by atoms with van der Waals surface area (Å²) in [6.45, 7) is 0. The van der Waals surface area contributed by atoms with Crippen LogP contribution in [-0.2, 0) is 11.2 Å². The van der Waals surface area contributed by atoms with Crippen LogP contribution in [-0.4, -0.2) is 17.2 Å². The largest absolute Gasteiger partial charge is 0.478 e. The quantitative estimate of drug-likeness (QED) is 0.775. The highest BCUT2D eigenvalue weighted by atomic mass is 16.5. The molecule has 0 fully saturated rings. The fraction of sp³-hybridized carbons (Fsp3) is 0.105. The van der Waals surface area contributed by atoms with Gasteiger partial charge in [-0.05, 0) is 28.5 Å². The third kappa shape index (κ3) is 3.26. The summed E-state index contributed by atoms with van der Waals surface area (Å²) < 4.78 is 5.69. The van der Waals surface area contributed by atoms with E-state index in [1.54, 1.807) is 0 Å². The van der Waals surface area contributed by atoms with Crippen LogP contribution in [0.1, 0.15) is 5.56 Å². The Morgan fingerprint density at radius 2 is 1.59 bits per heavy atom. The lowest BCUT2D eigenvalue weighted by Crippen LogP contribution is -2.29. The Hall–Kier alpha value is -2.81. The molecule has 1 N–H and O–H groups in total. The van der Waals surface area contributed by atoms with Crippen molar-refractivity contribution < 1.29 is 14.6 Å². The van der Waals surface area contributed by atoms with Crippen molar-refractivity contribution in [1.82, 2.24) is 0 Å². The second-order valence-corrected chi connectivity index (χ2v) is 5.14. The molecule has 0 saturated heterocycles. The maximum absolute atomic E-state index is 11.4. The summed E-state index contributed by atoms with van der Waals surface area (Å²) in [5.74, 6) is -0.390. The van der Waals surface area contributed by atoms with Gasteiger partial charge in [0.25, 0.3) is 0 Å². The molecule has 0 aliphatic rings. The van der Waals surface area contributed by atoms with E-state index in [-0.39, 0.29) is 0 Å². The number of aliphatic carboxylic acids is 1. The van der Waals surface area contributed by atoms with Gasteiger partial charge in [0.1, 0.15) is 5.75 Å². The number of carboxylic acid groups (broad SMARTS) is 1. The highest BCUT2D eigenvalue weighted by Gasteiger charge is 2.20. The Morgan fingerprint density at radius 3 is 2.32 bits per heavy atom. The third-order valence-corrected chi connectivity index (χ3v) is 3.54. The molecule has 0 aromatic heterocycles. The maximum atomic E-state index is 11.4. The smallest absolute Gasteiger partial charge is 0.345 e. The minimum absolute atomic E-state index is 0.336. The number of carbonyl (C=O) groups is 1. The minimum Gasteiger partial charge on any atom is -0.478 e. The van der Waals surface area contributed by atoms with Crippen molar-refractivity contribution in [3.05, 3.63) is 78.4 Å². The first-order valence-corrected chi connectivity index (χ1v) is 7.14. The van der Waals surface area contributed by atoms with Crippen molar-refractivity contribution in [3.8, 4) is 5.75 Å². The number of hydrogen-bond acceptors (Lipinski definition) is 2. The van der Waals surface area contributed by atoms with Gasteiger partial charge in [-0.15, -0.1) is 0 Å². The summed E-state index contributed by atoms with van der Waals surface area (Å²) in [6, 6.07) is 23.0. The van der Waals surface area contributed by atoms with Crippen LogP contribution in [0.2, 0.25) is 0 Å². The molecular weight excluding hydrogens is 276 g/mol. The first kappa shape index (κ1) is 14.1. The van der Waals surface area contributed by atoms with Gasteiger partial charge < -0.3 is 9.84 Å². The van der Waals surface area contributed by atoms with Gasteiger partial charge >= 0.3 is 5.97 Å². The van der Waals surface area contributed by atoms with E-state index in [9.17, 15) is 9.90 Å². The fourth-order valence-electron chi connectivity index (χ4n) is 2.41. The second-order valence-electron chi connectivity index (χ2n) is 5.14. The van der Waals surface area contributed by atoms with Crippen LogP contribution in [0.25, 0.3) is 10.8 Å². The first-order valence-electron chi connectivity index (χ1n) is 7.14. The number of benzene rings is 3. The van der Waals surface area contributed by atoms with Crippen LogP contribution in [0.5, 0.6) is 5.75 Å². The number of carboxylic acids is 1. The zero-order valence-electron chi connectivity index (χ0n) is 12.0. The molecule has 3 nitrogen and oxygen atoms in total. The minimum atomic E-state index is -0.961. The van der Waals surface area contributed by atoms with E-state index >= 15 is 0 Å². The van der Waals surface area contributed by atoms with Gasteiger partial charge in [0.05, 0.1) is 0 Å². The molecule has 3 rings (SSSR count). The monoisotopic (exact) mass is 292 g/mol. The Kier molecular flexibility index (Phi) is 4.05. The van der Waals surface area contributed by atoms with Crippen LogP contribution in [0.3, 0.4) is 0 Å². The van der Waals surface area contributed by atoms with Crippen molar-refractivity contribution in [2.75, 3.05) is 0 Å². The molecule has 0 unspecified atom stereocenters. The van der Waals surface area contributed by atoms with Crippen LogP contribution in [0, 0.1) is 0 Å². The average Bonchev–Trinajstić information content (AvgIpc) is 2.55. The summed E-state index contributed by atoms with van der Waals surface area (Å²) in [5.41, 5.74) is 0.940. The average molecular weight is 292 g/mol. The Balaban J connectivity index is 1.81. The number of rotatable bonds is 5. The van der Waals surface area contributed by atoms with Crippen LogP contribution < -0.4 is 4.74 Å². The lowest BCUT2D eigenvalue weighted by atomic mass is 10.1. The Morgan fingerprint density at radius 1 is 0.909 bits per heavy atom.